The number of rotatable bonds is 2. The van der Waals surface area contributed by atoms with Crippen LogP contribution in [0.4, 0.5) is 0 Å². The lowest BCUT2D eigenvalue weighted by molar-refractivity contribution is -0.150. The molecule has 1 fully saturated rings. The lowest BCUT2D eigenvalue weighted by atomic mass is 10.3. The molecule has 4 heteroatoms. The van der Waals surface area contributed by atoms with E-state index in [-0.39, 0.29) is 25.2 Å². The van der Waals surface area contributed by atoms with Gasteiger partial charge in [0.05, 0.1) is 12.7 Å². The SMILES string of the molecule is CCN1CC(CO)OCC1=O. The molecule has 1 unspecified atom stereocenters. The molecule has 1 N–H and O–H groups in total. The van der Waals surface area contributed by atoms with Gasteiger partial charge in [0.25, 0.3) is 0 Å². The van der Waals surface area contributed by atoms with Crippen molar-refractivity contribution in [3.63, 3.8) is 0 Å². The van der Waals surface area contributed by atoms with Crippen molar-refractivity contribution in [1.82, 2.24) is 4.90 Å². The maximum Gasteiger partial charge on any atom is 0.248 e. The van der Waals surface area contributed by atoms with E-state index in [2.05, 4.69) is 0 Å². The second-order valence-corrected chi connectivity index (χ2v) is 2.55. The van der Waals surface area contributed by atoms with Gasteiger partial charge in [0, 0.05) is 13.1 Å². The van der Waals surface area contributed by atoms with Crippen LogP contribution in [0.25, 0.3) is 0 Å². The van der Waals surface area contributed by atoms with Crippen LogP contribution in [0.15, 0.2) is 0 Å². The Balaban J connectivity index is 2.44. The molecular weight excluding hydrogens is 146 g/mol. The molecule has 1 aliphatic rings. The number of nitrogens with zero attached hydrogens (tertiary/aromatic N) is 1. The molecule has 1 heterocycles. The Morgan fingerprint density at radius 2 is 2.55 bits per heavy atom. The third-order valence-corrected chi connectivity index (χ3v) is 1.80. The maximum absolute atomic E-state index is 11.0. The van der Waals surface area contributed by atoms with Gasteiger partial charge in [-0.25, -0.2) is 0 Å². The molecule has 64 valence electrons. The van der Waals surface area contributed by atoms with Gasteiger partial charge in [0.2, 0.25) is 5.91 Å². The fraction of sp³-hybridized carbons (Fsp3) is 0.857. The van der Waals surface area contributed by atoms with Crippen LogP contribution in [-0.2, 0) is 9.53 Å². The van der Waals surface area contributed by atoms with Gasteiger partial charge in [-0.15, -0.1) is 0 Å². The van der Waals surface area contributed by atoms with Crippen molar-refractivity contribution in [2.24, 2.45) is 0 Å². The molecule has 0 radical (unpaired) electrons. The first-order valence-electron chi connectivity index (χ1n) is 3.78. The predicted molar refractivity (Wildman–Crippen MR) is 39.1 cm³/mol. The zero-order valence-corrected chi connectivity index (χ0v) is 6.62. The quantitative estimate of drug-likeness (QED) is 0.575. The van der Waals surface area contributed by atoms with Crippen LogP contribution in [0.1, 0.15) is 6.92 Å². The lowest BCUT2D eigenvalue weighted by Gasteiger charge is -2.30. The van der Waals surface area contributed by atoms with Gasteiger partial charge in [-0.2, -0.15) is 0 Å². The van der Waals surface area contributed by atoms with Crippen molar-refractivity contribution < 1.29 is 14.6 Å². The Morgan fingerprint density at radius 3 is 3.09 bits per heavy atom. The van der Waals surface area contributed by atoms with Crippen LogP contribution < -0.4 is 0 Å². The van der Waals surface area contributed by atoms with E-state index in [9.17, 15) is 4.79 Å². The van der Waals surface area contributed by atoms with Crippen LogP contribution in [0.2, 0.25) is 0 Å². The zero-order chi connectivity index (χ0) is 8.27. The first-order valence-corrected chi connectivity index (χ1v) is 3.78. The summed E-state index contributed by atoms with van der Waals surface area (Å²) < 4.78 is 5.03. The number of amides is 1. The molecule has 1 saturated heterocycles. The molecule has 11 heavy (non-hydrogen) atoms. The predicted octanol–water partition coefficient (Wildman–Crippen LogP) is -0.774. The van der Waals surface area contributed by atoms with E-state index >= 15 is 0 Å². The van der Waals surface area contributed by atoms with Crippen LogP contribution in [0.5, 0.6) is 0 Å². The smallest absolute Gasteiger partial charge is 0.248 e. The van der Waals surface area contributed by atoms with E-state index in [0.29, 0.717) is 13.1 Å². The van der Waals surface area contributed by atoms with Gasteiger partial charge < -0.3 is 14.7 Å². The van der Waals surface area contributed by atoms with Crippen LogP contribution in [0.3, 0.4) is 0 Å². The van der Waals surface area contributed by atoms with Crippen molar-refractivity contribution in [2.75, 3.05) is 26.3 Å². The molecule has 0 spiro atoms. The highest BCUT2D eigenvalue weighted by molar-refractivity contribution is 5.78. The van der Waals surface area contributed by atoms with Crippen molar-refractivity contribution in [3.8, 4) is 0 Å². The zero-order valence-electron chi connectivity index (χ0n) is 6.62. The minimum absolute atomic E-state index is 0.0101. The van der Waals surface area contributed by atoms with E-state index < -0.39 is 0 Å². The molecular formula is C7H13NO3. The monoisotopic (exact) mass is 159 g/mol. The summed E-state index contributed by atoms with van der Waals surface area (Å²) in [6.45, 7) is 3.23. The van der Waals surface area contributed by atoms with Gasteiger partial charge in [-0.3, -0.25) is 4.79 Å². The molecule has 1 aliphatic heterocycles. The molecule has 0 aromatic carbocycles. The summed E-state index contributed by atoms with van der Waals surface area (Å²) in [5.41, 5.74) is 0. The summed E-state index contributed by atoms with van der Waals surface area (Å²) in [6, 6.07) is 0. The van der Waals surface area contributed by atoms with E-state index in [0.717, 1.165) is 0 Å². The number of carbonyl (C=O) groups is 1. The highest BCUT2D eigenvalue weighted by Gasteiger charge is 2.23. The molecule has 1 amide bonds. The molecule has 1 rings (SSSR count). The largest absolute Gasteiger partial charge is 0.394 e. The van der Waals surface area contributed by atoms with Crippen LogP contribution in [0, 0.1) is 0 Å². The molecule has 0 aromatic heterocycles. The van der Waals surface area contributed by atoms with Gasteiger partial charge in [-0.05, 0) is 6.92 Å². The molecule has 0 aliphatic carbocycles. The van der Waals surface area contributed by atoms with Gasteiger partial charge >= 0.3 is 0 Å². The van der Waals surface area contributed by atoms with E-state index in [1.807, 2.05) is 6.92 Å². The summed E-state index contributed by atoms with van der Waals surface area (Å²) in [6.07, 6.45) is -0.187. The highest BCUT2D eigenvalue weighted by atomic mass is 16.5. The van der Waals surface area contributed by atoms with Gasteiger partial charge in [-0.1, -0.05) is 0 Å². The third-order valence-electron chi connectivity index (χ3n) is 1.80. The average molecular weight is 159 g/mol. The summed E-state index contributed by atoms with van der Waals surface area (Å²) >= 11 is 0. The minimum atomic E-state index is -0.187. The fourth-order valence-electron chi connectivity index (χ4n) is 1.10. The van der Waals surface area contributed by atoms with Crippen LogP contribution in [-0.4, -0.2) is 48.3 Å². The number of aliphatic hydroxyl groups is 1. The standard InChI is InChI=1S/C7H13NO3/c1-2-8-3-6(4-9)11-5-7(8)10/h6,9H,2-5H2,1H3. The molecule has 1 atom stereocenters. The number of hydrogen-bond donors (Lipinski definition) is 1. The van der Waals surface area contributed by atoms with E-state index in [1.54, 1.807) is 4.90 Å². The number of aliphatic hydroxyl groups excluding tert-OH is 1. The topological polar surface area (TPSA) is 49.8 Å². The Hall–Kier alpha value is -0.610. The Kier molecular flexibility index (Phi) is 2.84. The summed E-state index contributed by atoms with van der Waals surface area (Å²) in [4.78, 5) is 12.7. The number of carbonyl (C=O) groups excluding carboxylic acids is 1. The van der Waals surface area contributed by atoms with Crippen molar-refractivity contribution in [2.45, 2.75) is 13.0 Å². The number of morpholine rings is 1. The Labute approximate surface area is 65.8 Å². The summed E-state index contributed by atoms with van der Waals surface area (Å²) in [5, 5.41) is 8.73. The average Bonchev–Trinajstić information content (AvgIpc) is 2.05. The lowest BCUT2D eigenvalue weighted by Crippen LogP contribution is -2.47. The van der Waals surface area contributed by atoms with Crippen molar-refractivity contribution >= 4 is 5.91 Å². The first-order chi connectivity index (χ1) is 5.27. The molecule has 0 bridgehead atoms. The maximum atomic E-state index is 11.0. The van der Waals surface area contributed by atoms with E-state index in [4.69, 9.17) is 9.84 Å². The number of ether oxygens (including phenoxy) is 1. The van der Waals surface area contributed by atoms with Gasteiger partial charge in [0.1, 0.15) is 6.61 Å². The summed E-state index contributed by atoms with van der Waals surface area (Å²) in [7, 11) is 0. The normalized spacial score (nSPS) is 25.8. The van der Waals surface area contributed by atoms with Crippen molar-refractivity contribution in [1.29, 1.82) is 0 Å². The fourth-order valence-corrected chi connectivity index (χ4v) is 1.10. The molecule has 0 saturated carbocycles. The molecule has 0 aromatic rings. The number of likely N-dealkylation sites (N-methyl/N-ethyl adjacent to an activating group) is 1. The van der Waals surface area contributed by atoms with E-state index in [1.165, 1.54) is 0 Å². The Morgan fingerprint density at radius 1 is 1.82 bits per heavy atom. The Bertz CT molecular complexity index is 149. The van der Waals surface area contributed by atoms with Gasteiger partial charge in [0.15, 0.2) is 0 Å². The summed E-state index contributed by atoms with van der Waals surface area (Å²) in [5.74, 6) is 0.0113. The van der Waals surface area contributed by atoms with Crippen molar-refractivity contribution in [3.05, 3.63) is 0 Å². The highest BCUT2D eigenvalue weighted by Crippen LogP contribution is 2.04. The molecule has 4 nitrogen and oxygen atoms in total. The second kappa shape index (κ2) is 3.69. The first kappa shape index (κ1) is 8.49. The van der Waals surface area contributed by atoms with Crippen LogP contribution >= 0.6 is 0 Å². The number of hydrogen-bond acceptors (Lipinski definition) is 3. The minimum Gasteiger partial charge on any atom is -0.394 e. The second-order valence-electron chi connectivity index (χ2n) is 2.55. The third kappa shape index (κ3) is 1.91.